The Morgan fingerprint density at radius 1 is 1.45 bits per heavy atom. The molecule has 0 bridgehead atoms. The van der Waals surface area contributed by atoms with Crippen LogP contribution < -0.4 is 0 Å². The first-order valence-corrected chi connectivity index (χ1v) is 4.21. The van der Waals surface area contributed by atoms with Gasteiger partial charge in [0.05, 0.1) is 25.4 Å². The molecule has 2 rings (SSSR count). The molecule has 0 aromatic carbocycles. The lowest BCUT2D eigenvalue weighted by molar-refractivity contribution is -0.235. The van der Waals surface area contributed by atoms with Crippen molar-refractivity contribution < 1.29 is 14.6 Å². The highest BCUT2D eigenvalue weighted by molar-refractivity contribution is 4.92. The molecule has 1 saturated carbocycles. The molecule has 64 valence electrons. The molecule has 1 unspecified atom stereocenters. The van der Waals surface area contributed by atoms with E-state index in [1.54, 1.807) is 0 Å². The fraction of sp³-hybridized carbons (Fsp3) is 1.00. The zero-order chi connectivity index (χ0) is 7.73. The van der Waals surface area contributed by atoms with E-state index in [0.29, 0.717) is 6.61 Å². The van der Waals surface area contributed by atoms with E-state index in [4.69, 9.17) is 14.6 Å². The van der Waals surface area contributed by atoms with Gasteiger partial charge in [0.2, 0.25) is 0 Å². The van der Waals surface area contributed by atoms with Gasteiger partial charge in [-0.15, -0.1) is 0 Å². The van der Waals surface area contributed by atoms with E-state index in [-0.39, 0.29) is 18.3 Å². The Balaban J connectivity index is 1.92. The Hall–Kier alpha value is -0.120. The molecule has 1 aliphatic heterocycles. The van der Waals surface area contributed by atoms with Gasteiger partial charge in [-0.25, -0.2) is 0 Å². The summed E-state index contributed by atoms with van der Waals surface area (Å²) in [7, 11) is 0. The van der Waals surface area contributed by atoms with Crippen LogP contribution in [0.5, 0.6) is 0 Å². The first-order valence-electron chi connectivity index (χ1n) is 4.21. The van der Waals surface area contributed by atoms with Gasteiger partial charge in [-0.3, -0.25) is 0 Å². The molecule has 1 spiro atoms. The summed E-state index contributed by atoms with van der Waals surface area (Å²) >= 11 is 0. The summed E-state index contributed by atoms with van der Waals surface area (Å²) in [6.45, 7) is 1.36. The van der Waals surface area contributed by atoms with Crippen LogP contribution in [0.3, 0.4) is 0 Å². The average Bonchev–Trinajstić information content (AvgIpc) is 2.02. The van der Waals surface area contributed by atoms with E-state index in [0.717, 1.165) is 19.4 Å². The van der Waals surface area contributed by atoms with Gasteiger partial charge < -0.3 is 14.6 Å². The van der Waals surface area contributed by atoms with Crippen LogP contribution in [-0.4, -0.2) is 36.6 Å². The van der Waals surface area contributed by atoms with Crippen LogP contribution in [0, 0.1) is 0 Å². The number of hydrogen-bond donors (Lipinski definition) is 1. The fourth-order valence-corrected chi connectivity index (χ4v) is 1.72. The van der Waals surface area contributed by atoms with Crippen molar-refractivity contribution in [2.45, 2.75) is 31.0 Å². The topological polar surface area (TPSA) is 38.7 Å². The number of ether oxygens (including phenoxy) is 2. The minimum absolute atomic E-state index is 0.00829. The molecule has 2 aliphatic rings. The highest BCUT2D eigenvalue weighted by Crippen LogP contribution is 2.38. The lowest BCUT2D eigenvalue weighted by Gasteiger charge is -2.46. The van der Waals surface area contributed by atoms with Crippen molar-refractivity contribution in [2.24, 2.45) is 0 Å². The van der Waals surface area contributed by atoms with Gasteiger partial charge in [0.1, 0.15) is 6.10 Å². The molecule has 1 N–H and O–H groups in total. The molecule has 0 aromatic heterocycles. The first-order chi connectivity index (χ1) is 5.35. The predicted molar refractivity (Wildman–Crippen MR) is 39.4 cm³/mol. The summed E-state index contributed by atoms with van der Waals surface area (Å²) in [4.78, 5) is 0. The smallest absolute Gasteiger partial charge is 0.105 e. The molecular formula is C8H14O3. The molecule has 1 heterocycles. The maximum absolute atomic E-state index is 8.84. The number of aliphatic hydroxyl groups excluding tert-OH is 1. The van der Waals surface area contributed by atoms with Gasteiger partial charge >= 0.3 is 0 Å². The molecule has 1 saturated heterocycles. The second kappa shape index (κ2) is 2.73. The lowest BCUT2D eigenvalue weighted by atomic mass is 9.80. The zero-order valence-electron chi connectivity index (χ0n) is 6.58. The summed E-state index contributed by atoms with van der Waals surface area (Å²) < 4.78 is 11.0. The quantitative estimate of drug-likeness (QED) is 0.597. The van der Waals surface area contributed by atoms with Crippen molar-refractivity contribution in [1.29, 1.82) is 0 Å². The van der Waals surface area contributed by atoms with Gasteiger partial charge in [0.25, 0.3) is 0 Å². The summed E-state index contributed by atoms with van der Waals surface area (Å²) in [5.74, 6) is 0. The van der Waals surface area contributed by atoms with Gasteiger partial charge in [0, 0.05) is 0 Å². The summed E-state index contributed by atoms with van der Waals surface area (Å²) in [5.41, 5.74) is -0.00829. The summed E-state index contributed by atoms with van der Waals surface area (Å²) in [5, 5.41) is 8.84. The van der Waals surface area contributed by atoms with Crippen molar-refractivity contribution in [2.75, 3.05) is 19.8 Å². The molecule has 0 amide bonds. The monoisotopic (exact) mass is 158 g/mol. The van der Waals surface area contributed by atoms with Crippen LogP contribution in [0.4, 0.5) is 0 Å². The number of rotatable bonds is 1. The average molecular weight is 158 g/mol. The van der Waals surface area contributed by atoms with Crippen LogP contribution in [0.1, 0.15) is 19.3 Å². The first kappa shape index (κ1) is 7.53. The van der Waals surface area contributed by atoms with E-state index >= 15 is 0 Å². The van der Waals surface area contributed by atoms with Gasteiger partial charge in [0.15, 0.2) is 0 Å². The van der Waals surface area contributed by atoms with Gasteiger partial charge in [-0.1, -0.05) is 0 Å². The Morgan fingerprint density at radius 2 is 2.27 bits per heavy atom. The zero-order valence-corrected chi connectivity index (χ0v) is 6.58. The predicted octanol–water partition coefficient (Wildman–Crippen LogP) is 0.317. The van der Waals surface area contributed by atoms with E-state index < -0.39 is 0 Å². The minimum Gasteiger partial charge on any atom is -0.394 e. The van der Waals surface area contributed by atoms with Crippen molar-refractivity contribution >= 4 is 0 Å². The fourth-order valence-electron chi connectivity index (χ4n) is 1.72. The summed E-state index contributed by atoms with van der Waals surface area (Å²) in [6, 6.07) is 0. The van der Waals surface area contributed by atoms with Crippen LogP contribution in [0.15, 0.2) is 0 Å². The third-order valence-electron chi connectivity index (χ3n) is 2.55. The molecular weight excluding hydrogens is 144 g/mol. The second-order valence-corrected chi connectivity index (χ2v) is 3.47. The molecule has 11 heavy (non-hydrogen) atoms. The molecule has 1 atom stereocenters. The third-order valence-corrected chi connectivity index (χ3v) is 2.55. The highest BCUT2D eigenvalue weighted by Gasteiger charge is 2.42. The lowest BCUT2D eigenvalue weighted by Crippen LogP contribution is -2.53. The molecule has 2 fully saturated rings. The molecule has 0 aromatic rings. The normalized spacial score (nSPS) is 35.2. The minimum atomic E-state index is -0.0796. The highest BCUT2D eigenvalue weighted by atomic mass is 16.6. The van der Waals surface area contributed by atoms with Gasteiger partial charge in [-0.2, -0.15) is 0 Å². The van der Waals surface area contributed by atoms with E-state index in [9.17, 15) is 0 Å². The van der Waals surface area contributed by atoms with Crippen molar-refractivity contribution in [3.63, 3.8) is 0 Å². The third kappa shape index (κ3) is 1.28. The molecule has 3 nitrogen and oxygen atoms in total. The standard InChI is InChI=1S/C8H14O3/c9-4-7-5-10-6-8(11-7)2-1-3-8/h7,9H,1-6H2. The Kier molecular flexibility index (Phi) is 1.87. The Morgan fingerprint density at radius 3 is 2.82 bits per heavy atom. The van der Waals surface area contributed by atoms with E-state index in [1.165, 1.54) is 6.42 Å². The van der Waals surface area contributed by atoms with Crippen LogP contribution in [0.2, 0.25) is 0 Å². The SMILES string of the molecule is OCC1COCC2(CCC2)O1. The largest absolute Gasteiger partial charge is 0.394 e. The van der Waals surface area contributed by atoms with Crippen molar-refractivity contribution in [3.8, 4) is 0 Å². The molecule has 3 heteroatoms. The maximum Gasteiger partial charge on any atom is 0.105 e. The van der Waals surface area contributed by atoms with E-state index in [1.807, 2.05) is 0 Å². The second-order valence-electron chi connectivity index (χ2n) is 3.47. The van der Waals surface area contributed by atoms with Crippen molar-refractivity contribution in [1.82, 2.24) is 0 Å². The number of aliphatic hydroxyl groups is 1. The van der Waals surface area contributed by atoms with Crippen LogP contribution in [-0.2, 0) is 9.47 Å². The van der Waals surface area contributed by atoms with Crippen LogP contribution >= 0.6 is 0 Å². The molecule has 0 radical (unpaired) electrons. The molecule has 1 aliphatic carbocycles. The Labute approximate surface area is 66.3 Å². The van der Waals surface area contributed by atoms with Crippen LogP contribution in [0.25, 0.3) is 0 Å². The maximum atomic E-state index is 8.84. The van der Waals surface area contributed by atoms with Crippen molar-refractivity contribution in [3.05, 3.63) is 0 Å². The summed E-state index contributed by atoms with van der Waals surface area (Å²) in [6.07, 6.45) is 3.36. The van der Waals surface area contributed by atoms with E-state index in [2.05, 4.69) is 0 Å². The van der Waals surface area contributed by atoms with Gasteiger partial charge in [-0.05, 0) is 19.3 Å². The number of hydrogen-bond acceptors (Lipinski definition) is 3. The Bertz CT molecular complexity index is 142.